The van der Waals surface area contributed by atoms with Crippen LogP contribution in [0, 0.1) is 0 Å². The first-order chi connectivity index (χ1) is 14.8. The minimum atomic E-state index is 0.803. The first kappa shape index (κ1) is 24.6. The summed E-state index contributed by atoms with van der Waals surface area (Å²) in [5.74, 6) is 2.08. The molecule has 0 saturated heterocycles. The Bertz CT molecular complexity index is 707. The first-order valence-electron chi connectivity index (χ1n) is 12.6. The average Bonchev–Trinajstić information content (AvgIpc) is 2.78. The summed E-state index contributed by atoms with van der Waals surface area (Å²) in [5, 5.41) is 2.37. The molecule has 2 nitrogen and oxygen atoms in total. The van der Waals surface area contributed by atoms with Gasteiger partial charge in [0.05, 0.1) is 13.2 Å². The molecule has 0 saturated carbocycles. The van der Waals surface area contributed by atoms with Crippen LogP contribution in [0.15, 0.2) is 30.3 Å². The van der Waals surface area contributed by atoms with Gasteiger partial charge >= 0.3 is 0 Å². The zero-order chi connectivity index (χ0) is 21.4. The highest BCUT2D eigenvalue weighted by atomic mass is 16.5. The van der Waals surface area contributed by atoms with Gasteiger partial charge in [0.1, 0.15) is 11.5 Å². The number of rotatable bonds is 17. The average molecular weight is 413 g/mol. The third kappa shape index (κ3) is 8.20. The van der Waals surface area contributed by atoms with E-state index in [0.29, 0.717) is 0 Å². The molecule has 2 heteroatoms. The van der Waals surface area contributed by atoms with Crippen molar-refractivity contribution in [3.05, 3.63) is 35.9 Å². The molecule has 30 heavy (non-hydrogen) atoms. The predicted octanol–water partition coefficient (Wildman–Crippen LogP) is 8.88. The minimum Gasteiger partial charge on any atom is -0.493 e. The molecule has 0 bridgehead atoms. The van der Waals surface area contributed by atoms with Crippen LogP contribution in [0.3, 0.4) is 0 Å². The third-order valence-corrected chi connectivity index (χ3v) is 5.91. The van der Waals surface area contributed by atoms with Crippen molar-refractivity contribution < 1.29 is 9.47 Å². The molecule has 0 atom stereocenters. The Hall–Kier alpha value is -1.70. The summed E-state index contributed by atoms with van der Waals surface area (Å²) < 4.78 is 12.6. The van der Waals surface area contributed by atoms with Gasteiger partial charge < -0.3 is 9.47 Å². The summed E-state index contributed by atoms with van der Waals surface area (Å²) >= 11 is 0. The molecule has 0 fully saturated rings. The maximum Gasteiger partial charge on any atom is 0.130 e. The Balaban J connectivity index is 1.96. The lowest BCUT2D eigenvalue weighted by molar-refractivity contribution is 0.299. The second kappa shape index (κ2) is 15.2. The molecule has 0 amide bonds. The van der Waals surface area contributed by atoms with E-state index in [-0.39, 0.29) is 0 Å². The molecule has 0 unspecified atom stereocenters. The number of hydrogen-bond donors (Lipinski definition) is 0. The fourth-order valence-electron chi connectivity index (χ4n) is 4.04. The Kier molecular flexibility index (Phi) is 12.4. The van der Waals surface area contributed by atoms with Gasteiger partial charge in [0.25, 0.3) is 0 Å². The van der Waals surface area contributed by atoms with Gasteiger partial charge in [0.2, 0.25) is 0 Å². The molecule has 0 aliphatic heterocycles. The van der Waals surface area contributed by atoms with E-state index in [1.165, 1.54) is 80.5 Å². The van der Waals surface area contributed by atoms with Crippen molar-refractivity contribution in [3.8, 4) is 11.5 Å². The Morgan fingerprint density at radius 2 is 1.13 bits per heavy atom. The predicted molar refractivity (Wildman–Crippen MR) is 131 cm³/mol. The van der Waals surface area contributed by atoms with Crippen molar-refractivity contribution in [3.63, 3.8) is 0 Å². The van der Waals surface area contributed by atoms with E-state index in [1.54, 1.807) is 0 Å². The van der Waals surface area contributed by atoms with Crippen LogP contribution in [0.5, 0.6) is 11.5 Å². The highest BCUT2D eigenvalue weighted by Gasteiger charge is 2.13. The molecule has 0 aliphatic carbocycles. The fourth-order valence-corrected chi connectivity index (χ4v) is 4.04. The standard InChI is InChI=1S/C28H44O2/c1-4-7-9-11-13-17-21-29-27-23-24(6-3)28(26-20-16-15-19-25(26)27)30-22-18-14-12-10-8-5-2/h15-16,19-20,23H,4-14,17-18,21-22H2,1-3H3. The topological polar surface area (TPSA) is 18.5 Å². The summed E-state index contributed by atoms with van der Waals surface area (Å²) in [5.41, 5.74) is 1.26. The van der Waals surface area contributed by atoms with Crippen LogP contribution < -0.4 is 9.47 Å². The molecule has 0 N–H and O–H groups in total. The summed E-state index contributed by atoms with van der Waals surface area (Å²) in [6.45, 7) is 8.35. The molecule has 0 radical (unpaired) electrons. The van der Waals surface area contributed by atoms with Gasteiger partial charge in [-0.05, 0) is 30.9 Å². The van der Waals surface area contributed by atoms with Crippen LogP contribution in [0.4, 0.5) is 0 Å². The largest absolute Gasteiger partial charge is 0.493 e. The number of aryl methyl sites for hydroxylation is 1. The van der Waals surface area contributed by atoms with Gasteiger partial charge in [-0.25, -0.2) is 0 Å². The second-order valence-electron chi connectivity index (χ2n) is 8.49. The van der Waals surface area contributed by atoms with Gasteiger partial charge in [0, 0.05) is 10.8 Å². The molecular formula is C28H44O2. The van der Waals surface area contributed by atoms with Crippen LogP contribution in [0.1, 0.15) is 103 Å². The molecule has 2 aromatic rings. The van der Waals surface area contributed by atoms with E-state index in [2.05, 4.69) is 51.1 Å². The molecule has 0 aliphatic rings. The highest BCUT2D eigenvalue weighted by Crippen LogP contribution is 2.37. The monoisotopic (exact) mass is 412 g/mol. The van der Waals surface area contributed by atoms with E-state index in [1.807, 2.05) is 0 Å². The number of fused-ring (bicyclic) bond motifs is 1. The van der Waals surface area contributed by atoms with Crippen molar-refractivity contribution in [2.75, 3.05) is 13.2 Å². The van der Waals surface area contributed by atoms with Gasteiger partial charge in [-0.2, -0.15) is 0 Å². The Morgan fingerprint density at radius 1 is 0.600 bits per heavy atom. The molecule has 168 valence electrons. The van der Waals surface area contributed by atoms with Crippen LogP contribution in [-0.4, -0.2) is 13.2 Å². The SMILES string of the molecule is CCCCCCCCOc1cc(CC)c(OCCCCCCCC)c2ccccc12. The van der Waals surface area contributed by atoms with Gasteiger partial charge in [-0.15, -0.1) is 0 Å². The number of hydrogen-bond acceptors (Lipinski definition) is 2. The van der Waals surface area contributed by atoms with Crippen LogP contribution in [0.2, 0.25) is 0 Å². The molecule has 2 rings (SSSR count). The Labute approximate surface area is 185 Å². The van der Waals surface area contributed by atoms with Crippen LogP contribution >= 0.6 is 0 Å². The van der Waals surface area contributed by atoms with Crippen molar-refractivity contribution >= 4 is 10.8 Å². The molecule has 0 spiro atoms. The third-order valence-electron chi connectivity index (χ3n) is 5.91. The van der Waals surface area contributed by atoms with E-state index in [9.17, 15) is 0 Å². The van der Waals surface area contributed by atoms with E-state index >= 15 is 0 Å². The molecular weight excluding hydrogens is 368 g/mol. The lowest BCUT2D eigenvalue weighted by Crippen LogP contribution is -2.03. The van der Waals surface area contributed by atoms with Crippen molar-refractivity contribution in [1.29, 1.82) is 0 Å². The lowest BCUT2D eigenvalue weighted by atomic mass is 10.0. The fraction of sp³-hybridized carbons (Fsp3) is 0.643. The molecule has 2 aromatic carbocycles. The van der Waals surface area contributed by atoms with Gasteiger partial charge in [0.15, 0.2) is 0 Å². The second-order valence-corrected chi connectivity index (χ2v) is 8.49. The first-order valence-corrected chi connectivity index (χ1v) is 12.6. The molecule has 0 heterocycles. The Morgan fingerprint density at radius 3 is 1.73 bits per heavy atom. The van der Waals surface area contributed by atoms with Crippen molar-refractivity contribution in [2.45, 2.75) is 104 Å². The summed E-state index contributed by atoms with van der Waals surface area (Å²) in [6, 6.07) is 10.8. The zero-order valence-electron chi connectivity index (χ0n) is 19.8. The number of unbranched alkanes of at least 4 members (excludes halogenated alkanes) is 10. The van der Waals surface area contributed by atoms with E-state index < -0.39 is 0 Å². The maximum atomic E-state index is 6.33. The normalized spacial score (nSPS) is 11.2. The number of benzene rings is 2. The van der Waals surface area contributed by atoms with E-state index in [0.717, 1.165) is 44.0 Å². The minimum absolute atomic E-state index is 0.803. The van der Waals surface area contributed by atoms with Crippen molar-refractivity contribution in [1.82, 2.24) is 0 Å². The summed E-state index contributed by atoms with van der Waals surface area (Å²) in [6.07, 6.45) is 16.4. The van der Waals surface area contributed by atoms with Gasteiger partial charge in [-0.1, -0.05) is 109 Å². The summed E-state index contributed by atoms with van der Waals surface area (Å²) in [7, 11) is 0. The van der Waals surface area contributed by atoms with Crippen LogP contribution in [-0.2, 0) is 6.42 Å². The highest BCUT2D eigenvalue weighted by molar-refractivity contribution is 5.94. The van der Waals surface area contributed by atoms with Crippen molar-refractivity contribution in [2.24, 2.45) is 0 Å². The van der Waals surface area contributed by atoms with Gasteiger partial charge in [-0.3, -0.25) is 0 Å². The number of ether oxygens (including phenoxy) is 2. The maximum absolute atomic E-state index is 6.33. The summed E-state index contributed by atoms with van der Waals surface area (Å²) in [4.78, 5) is 0. The molecule has 0 aromatic heterocycles. The smallest absolute Gasteiger partial charge is 0.130 e. The van der Waals surface area contributed by atoms with Crippen LogP contribution in [0.25, 0.3) is 10.8 Å². The lowest BCUT2D eigenvalue weighted by Gasteiger charge is -2.17. The zero-order valence-corrected chi connectivity index (χ0v) is 19.8. The van der Waals surface area contributed by atoms with E-state index in [4.69, 9.17) is 9.47 Å². The quantitative estimate of drug-likeness (QED) is 0.241.